The van der Waals surface area contributed by atoms with Gasteiger partial charge in [0.05, 0.1) is 20.1 Å². The highest BCUT2D eigenvalue weighted by Gasteiger charge is 2.22. The molecule has 1 amide bonds. The molecule has 0 aliphatic carbocycles. The fourth-order valence-electron chi connectivity index (χ4n) is 3.09. The van der Waals surface area contributed by atoms with E-state index in [1.165, 1.54) is 0 Å². The summed E-state index contributed by atoms with van der Waals surface area (Å²) < 4.78 is 16.7. The Hall–Kier alpha value is -2.69. The summed E-state index contributed by atoms with van der Waals surface area (Å²) in [6.07, 6.45) is 1.39. The smallest absolute Gasteiger partial charge is 0.224 e. The summed E-state index contributed by atoms with van der Waals surface area (Å²) in [7, 11) is 1.62. The molecular formula is C21H25NO4. The molecule has 0 unspecified atom stereocenters. The highest BCUT2D eigenvalue weighted by atomic mass is 16.5. The molecule has 1 heterocycles. The number of hydrogen-bond donors (Lipinski definition) is 1. The van der Waals surface area contributed by atoms with E-state index in [-0.39, 0.29) is 12.0 Å². The molecule has 138 valence electrons. The van der Waals surface area contributed by atoms with Crippen LogP contribution in [0.1, 0.15) is 30.5 Å². The summed E-state index contributed by atoms with van der Waals surface area (Å²) in [4.78, 5) is 12.3. The maximum absolute atomic E-state index is 12.3. The van der Waals surface area contributed by atoms with Crippen LogP contribution >= 0.6 is 0 Å². The van der Waals surface area contributed by atoms with Crippen molar-refractivity contribution in [2.24, 2.45) is 0 Å². The van der Waals surface area contributed by atoms with Crippen LogP contribution in [0.5, 0.6) is 17.2 Å². The van der Waals surface area contributed by atoms with Crippen LogP contribution in [0, 0.1) is 0 Å². The van der Waals surface area contributed by atoms with E-state index in [9.17, 15) is 4.79 Å². The first-order chi connectivity index (χ1) is 12.6. The molecular weight excluding hydrogens is 330 g/mol. The highest BCUT2D eigenvalue weighted by Crippen LogP contribution is 2.35. The first kappa shape index (κ1) is 18.1. The number of carbonyl (C=O) groups is 1. The maximum atomic E-state index is 12.3. The molecule has 2 aromatic rings. The van der Waals surface area contributed by atoms with Crippen LogP contribution in [-0.4, -0.2) is 25.7 Å². The van der Waals surface area contributed by atoms with Gasteiger partial charge in [-0.3, -0.25) is 4.79 Å². The fourth-order valence-corrected chi connectivity index (χ4v) is 3.09. The summed E-state index contributed by atoms with van der Waals surface area (Å²) in [6.45, 7) is 5.01. The number of ether oxygens (including phenoxy) is 3. The second-order valence-corrected chi connectivity index (χ2v) is 6.43. The van der Waals surface area contributed by atoms with Crippen LogP contribution in [0.15, 0.2) is 36.4 Å². The second-order valence-electron chi connectivity index (χ2n) is 6.43. The number of carbonyl (C=O) groups excluding carboxylic acids is 1. The Morgan fingerprint density at radius 3 is 2.73 bits per heavy atom. The van der Waals surface area contributed by atoms with Gasteiger partial charge >= 0.3 is 0 Å². The number of benzene rings is 2. The Labute approximate surface area is 154 Å². The van der Waals surface area contributed by atoms with E-state index >= 15 is 0 Å². The van der Waals surface area contributed by atoms with Gasteiger partial charge in [0.15, 0.2) is 0 Å². The van der Waals surface area contributed by atoms with Crippen molar-refractivity contribution in [1.29, 1.82) is 0 Å². The lowest BCUT2D eigenvalue weighted by Gasteiger charge is -2.13. The van der Waals surface area contributed by atoms with E-state index in [1.807, 2.05) is 43.3 Å². The van der Waals surface area contributed by atoms with E-state index in [0.29, 0.717) is 19.6 Å². The van der Waals surface area contributed by atoms with Crippen molar-refractivity contribution in [3.8, 4) is 17.2 Å². The predicted molar refractivity (Wildman–Crippen MR) is 99.9 cm³/mol. The predicted octanol–water partition coefficient (Wildman–Crippen LogP) is 3.28. The Morgan fingerprint density at radius 1 is 1.27 bits per heavy atom. The van der Waals surface area contributed by atoms with E-state index in [2.05, 4.69) is 12.2 Å². The molecule has 0 radical (unpaired) electrons. The monoisotopic (exact) mass is 355 g/mol. The number of nitrogens with one attached hydrogen (secondary N) is 1. The van der Waals surface area contributed by atoms with Crippen molar-refractivity contribution in [3.05, 3.63) is 53.1 Å². The summed E-state index contributed by atoms with van der Waals surface area (Å²) in [6, 6.07) is 11.5. The summed E-state index contributed by atoms with van der Waals surface area (Å²) in [5.74, 6) is 2.45. The van der Waals surface area contributed by atoms with Crippen LogP contribution in [0.4, 0.5) is 0 Å². The van der Waals surface area contributed by atoms with Gasteiger partial charge in [-0.05, 0) is 43.7 Å². The standard InChI is InChI=1S/C21H25NO4/c1-4-25-19-11-16-9-14(2)26-20(16)12-17(19)13-22-21(23)10-15-5-7-18(24-3)8-6-15/h5-8,11-12,14H,4,9-10,13H2,1-3H3,(H,22,23)/t14-/m1/s1. The van der Waals surface area contributed by atoms with Crippen LogP contribution in [0.25, 0.3) is 0 Å². The molecule has 5 nitrogen and oxygen atoms in total. The third kappa shape index (κ3) is 4.28. The van der Waals surface area contributed by atoms with Gasteiger partial charge in [-0.25, -0.2) is 0 Å². The molecule has 5 heteroatoms. The lowest BCUT2D eigenvalue weighted by Crippen LogP contribution is -2.24. The van der Waals surface area contributed by atoms with E-state index in [1.54, 1.807) is 7.11 Å². The first-order valence-electron chi connectivity index (χ1n) is 8.94. The number of amides is 1. The zero-order valence-corrected chi connectivity index (χ0v) is 15.5. The van der Waals surface area contributed by atoms with Gasteiger partial charge in [0.25, 0.3) is 0 Å². The van der Waals surface area contributed by atoms with Gasteiger partial charge in [-0.2, -0.15) is 0 Å². The normalized spacial score (nSPS) is 15.1. The molecule has 0 spiro atoms. The average Bonchev–Trinajstić information content (AvgIpc) is 2.99. The van der Waals surface area contributed by atoms with Crippen molar-refractivity contribution in [3.63, 3.8) is 0 Å². The molecule has 2 aromatic carbocycles. The van der Waals surface area contributed by atoms with Gasteiger partial charge in [-0.1, -0.05) is 12.1 Å². The molecule has 3 rings (SSSR count). The van der Waals surface area contributed by atoms with Crippen LogP contribution in [-0.2, 0) is 24.2 Å². The van der Waals surface area contributed by atoms with Crippen molar-refractivity contribution in [2.75, 3.05) is 13.7 Å². The molecule has 0 aromatic heterocycles. The van der Waals surface area contributed by atoms with Crippen molar-refractivity contribution >= 4 is 5.91 Å². The van der Waals surface area contributed by atoms with E-state index < -0.39 is 0 Å². The van der Waals surface area contributed by atoms with Gasteiger partial charge in [0.1, 0.15) is 23.4 Å². The van der Waals surface area contributed by atoms with Crippen molar-refractivity contribution in [1.82, 2.24) is 5.32 Å². The maximum Gasteiger partial charge on any atom is 0.224 e. The van der Waals surface area contributed by atoms with Gasteiger partial charge in [-0.15, -0.1) is 0 Å². The minimum atomic E-state index is -0.0348. The molecule has 26 heavy (non-hydrogen) atoms. The quantitative estimate of drug-likeness (QED) is 0.828. The molecule has 0 saturated heterocycles. The van der Waals surface area contributed by atoms with Crippen LogP contribution in [0.3, 0.4) is 0 Å². The molecule has 1 aliphatic heterocycles. The van der Waals surface area contributed by atoms with Gasteiger partial charge < -0.3 is 19.5 Å². The lowest BCUT2D eigenvalue weighted by molar-refractivity contribution is -0.120. The Balaban J connectivity index is 1.64. The minimum Gasteiger partial charge on any atom is -0.497 e. The number of rotatable bonds is 7. The SMILES string of the molecule is CCOc1cc2c(cc1CNC(=O)Cc1ccc(OC)cc1)O[C@H](C)C2. The zero-order valence-electron chi connectivity index (χ0n) is 15.5. The Bertz CT molecular complexity index is 770. The van der Waals surface area contributed by atoms with Crippen molar-refractivity contribution < 1.29 is 19.0 Å². The molecule has 0 saturated carbocycles. The average molecular weight is 355 g/mol. The molecule has 1 N–H and O–H groups in total. The molecule has 1 atom stereocenters. The van der Waals surface area contributed by atoms with Crippen molar-refractivity contribution in [2.45, 2.75) is 39.3 Å². The van der Waals surface area contributed by atoms with E-state index in [0.717, 1.165) is 40.4 Å². The van der Waals surface area contributed by atoms with Crippen LogP contribution < -0.4 is 19.5 Å². The summed E-state index contributed by atoms with van der Waals surface area (Å²) >= 11 is 0. The third-order valence-electron chi connectivity index (χ3n) is 4.38. The largest absolute Gasteiger partial charge is 0.497 e. The fraction of sp³-hybridized carbons (Fsp3) is 0.381. The van der Waals surface area contributed by atoms with E-state index in [4.69, 9.17) is 14.2 Å². The lowest BCUT2D eigenvalue weighted by atomic mass is 10.1. The summed E-state index contributed by atoms with van der Waals surface area (Å²) in [5.41, 5.74) is 3.04. The van der Waals surface area contributed by atoms with Gasteiger partial charge in [0.2, 0.25) is 5.91 Å². The highest BCUT2D eigenvalue weighted by molar-refractivity contribution is 5.78. The topological polar surface area (TPSA) is 56.8 Å². The second kappa shape index (κ2) is 8.13. The Morgan fingerprint density at radius 2 is 2.04 bits per heavy atom. The van der Waals surface area contributed by atoms with Gasteiger partial charge in [0, 0.05) is 24.1 Å². The number of hydrogen-bond acceptors (Lipinski definition) is 4. The number of methoxy groups -OCH3 is 1. The minimum absolute atomic E-state index is 0.0348. The first-order valence-corrected chi connectivity index (χ1v) is 8.94. The summed E-state index contributed by atoms with van der Waals surface area (Å²) in [5, 5.41) is 2.97. The third-order valence-corrected chi connectivity index (χ3v) is 4.38. The molecule has 1 aliphatic rings. The van der Waals surface area contributed by atoms with Crippen LogP contribution in [0.2, 0.25) is 0 Å². The Kier molecular flexibility index (Phi) is 5.66. The zero-order chi connectivity index (χ0) is 18.5. The molecule has 0 bridgehead atoms. The number of fused-ring (bicyclic) bond motifs is 1. The molecule has 0 fully saturated rings.